The normalized spacial score (nSPS) is 13.4. The molecule has 0 fully saturated rings. The van der Waals surface area contributed by atoms with Crippen LogP contribution in [0.15, 0.2) is 34.8 Å². The number of benzene rings is 2. The average molecular weight is 417 g/mol. The zero-order valence-electron chi connectivity index (χ0n) is 15.2. The molecule has 0 atom stereocenters. The molecule has 26 heavy (non-hydrogen) atoms. The molecule has 0 aliphatic heterocycles. The van der Waals surface area contributed by atoms with E-state index in [1.807, 2.05) is 0 Å². The van der Waals surface area contributed by atoms with Crippen LogP contribution >= 0.6 is 15.9 Å². The first-order chi connectivity index (χ1) is 12.2. The fourth-order valence-corrected chi connectivity index (χ4v) is 3.63. The second-order valence-electron chi connectivity index (χ2n) is 7.57. The van der Waals surface area contributed by atoms with Crippen LogP contribution in [0.2, 0.25) is 0 Å². The number of fused-ring (bicyclic) bond motifs is 2. The van der Waals surface area contributed by atoms with Crippen molar-refractivity contribution in [3.05, 3.63) is 57.1 Å². The van der Waals surface area contributed by atoms with Crippen molar-refractivity contribution in [2.75, 3.05) is 45.3 Å². The number of hydrogen-bond acceptors (Lipinski definition) is 4. The van der Waals surface area contributed by atoms with Crippen LogP contribution in [0.5, 0.6) is 0 Å². The number of nitrogens with zero attached hydrogens (tertiary/aromatic N) is 1. The molecule has 0 saturated carbocycles. The lowest BCUT2D eigenvalue weighted by molar-refractivity contribution is -0.870. The topological polar surface area (TPSA) is 72.2 Å². The standard InChI is InChI=1S/C20H22BrN3O2/c1-24(2,3)10-6-9-23-15-11-14(21)18(22)17-16(15)19(25)12-7-4-5-8-13(12)20(17)26/h4-5,7-8,11H,6,9-10H2,1-3H3,(H2-,22,23,25,26)/p+1. The summed E-state index contributed by atoms with van der Waals surface area (Å²) in [6.45, 7) is 1.71. The molecule has 6 heteroatoms. The molecule has 0 bridgehead atoms. The Morgan fingerprint density at radius 2 is 1.62 bits per heavy atom. The molecule has 3 N–H and O–H groups in total. The number of nitrogens with two attached hydrogens (primary N) is 1. The van der Waals surface area contributed by atoms with Crippen LogP contribution in [0.1, 0.15) is 38.3 Å². The van der Waals surface area contributed by atoms with Crippen LogP contribution in [-0.4, -0.2) is 50.3 Å². The highest BCUT2D eigenvalue weighted by Crippen LogP contribution is 2.39. The Balaban J connectivity index is 2.00. The number of ketones is 2. The summed E-state index contributed by atoms with van der Waals surface area (Å²) in [4.78, 5) is 26.0. The van der Waals surface area contributed by atoms with Crippen molar-refractivity contribution < 1.29 is 14.1 Å². The van der Waals surface area contributed by atoms with Gasteiger partial charge in [0.15, 0.2) is 11.6 Å². The lowest BCUT2D eigenvalue weighted by Crippen LogP contribution is -2.36. The van der Waals surface area contributed by atoms with Crippen LogP contribution < -0.4 is 11.1 Å². The van der Waals surface area contributed by atoms with Crippen LogP contribution in [0.3, 0.4) is 0 Å². The van der Waals surface area contributed by atoms with Gasteiger partial charge in [-0.05, 0) is 22.0 Å². The number of nitrogens with one attached hydrogen (secondary N) is 1. The number of nitrogen functional groups attached to an aromatic ring is 1. The molecule has 136 valence electrons. The molecule has 3 rings (SSSR count). The molecule has 0 saturated heterocycles. The Morgan fingerprint density at radius 1 is 1.04 bits per heavy atom. The summed E-state index contributed by atoms with van der Waals surface area (Å²) in [5, 5.41) is 3.33. The first kappa shape index (κ1) is 18.6. The van der Waals surface area contributed by atoms with Crippen molar-refractivity contribution in [1.29, 1.82) is 0 Å². The van der Waals surface area contributed by atoms with E-state index < -0.39 is 0 Å². The SMILES string of the molecule is C[N+](C)(C)CCCNc1cc(Br)c(N)c2c1C(=O)c1ccccc1C2=O. The summed E-state index contributed by atoms with van der Waals surface area (Å²) < 4.78 is 1.49. The highest BCUT2D eigenvalue weighted by atomic mass is 79.9. The lowest BCUT2D eigenvalue weighted by Gasteiger charge is -2.25. The van der Waals surface area contributed by atoms with Gasteiger partial charge in [-0.25, -0.2) is 0 Å². The summed E-state index contributed by atoms with van der Waals surface area (Å²) in [5.41, 5.74) is 8.61. The Hall–Kier alpha value is -2.18. The molecule has 0 radical (unpaired) electrons. The summed E-state index contributed by atoms with van der Waals surface area (Å²) in [5.74, 6) is -0.369. The van der Waals surface area contributed by atoms with E-state index >= 15 is 0 Å². The third-order valence-corrected chi connectivity index (χ3v) is 5.16. The number of rotatable bonds is 5. The number of hydrogen-bond donors (Lipinski definition) is 2. The first-order valence-electron chi connectivity index (χ1n) is 8.55. The van der Waals surface area contributed by atoms with Gasteiger partial charge in [0.25, 0.3) is 0 Å². The fourth-order valence-electron chi connectivity index (χ4n) is 3.20. The van der Waals surface area contributed by atoms with E-state index in [0.29, 0.717) is 39.1 Å². The van der Waals surface area contributed by atoms with E-state index in [0.717, 1.165) is 17.4 Å². The molecule has 0 aromatic heterocycles. The Morgan fingerprint density at radius 3 is 2.19 bits per heavy atom. The highest BCUT2D eigenvalue weighted by molar-refractivity contribution is 9.10. The van der Waals surface area contributed by atoms with E-state index in [1.165, 1.54) is 0 Å². The Kier molecular flexibility index (Phi) is 4.90. The van der Waals surface area contributed by atoms with Crippen molar-refractivity contribution in [3.8, 4) is 0 Å². The Bertz CT molecular complexity index is 901. The predicted molar refractivity (Wildman–Crippen MR) is 108 cm³/mol. The molecule has 5 nitrogen and oxygen atoms in total. The van der Waals surface area contributed by atoms with E-state index in [4.69, 9.17) is 5.73 Å². The van der Waals surface area contributed by atoms with Gasteiger partial charge in [0.05, 0.1) is 44.5 Å². The Labute approximate surface area is 161 Å². The summed E-state index contributed by atoms with van der Waals surface area (Å²) in [6, 6.07) is 8.68. The van der Waals surface area contributed by atoms with Gasteiger partial charge in [0.1, 0.15) is 0 Å². The molecule has 0 spiro atoms. The number of carbonyl (C=O) groups is 2. The quantitative estimate of drug-likeness (QED) is 0.380. The van der Waals surface area contributed by atoms with Gasteiger partial charge in [0, 0.05) is 34.3 Å². The average Bonchev–Trinajstić information content (AvgIpc) is 2.58. The van der Waals surface area contributed by atoms with Gasteiger partial charge in [-0.2, -0.15) is 0 Å². The second kappa shape index (κ2) is 6.85. The summed E-state index contributed by atoms with van der Waals surface area (Å²) >= 11 is 3.42. The van der Waals surface area contributed by atoms with Gasteiger partial charge in [0.2, 0.25) is 0 Å². The maximum atomic E-state index is 13.1. The molecule has 2 aromatic rings. The molecule has 1 aliphatic carbocycles. The van der Waals surface area contributed by atoms with Gasteiger partial charge < -0.3 is 15.5 Å². The van der Waals surface area contributed by atoms with E-state index in [2.05, 4.69) is 42.4 Å². The first-order valence-corrected chi connectivity index (χ1v) is 9.35. The largest absolute Gasteiger partial charge is 0.397 e. The number of halogens is 1. The van der Waals surface area contributed by atoms with Crippen molar-refractivity contribution in [2.45, 2.75) is 6.42 Å². The smallest absolute Gasteiger partial charge is 0.196 e. The lowest BCUT2D eigenvalue weighted by atomic mass is 9.82. The zero-order valence-corrected chi connectivity index (χ0v) is 16.8. The zero-order chi connectivity index (χ0) is 19.1. The van der Waals surface area contributed by atoms with Crippen molar-refractivity contribution >= 4 is 38.9 Å². The van der Waals surface area contributed by atoms with Crippen molar-refractivity contribution in [1.82, 2.24) is 0 Å². The fraction of sp³-hybridized carbons (Fsp3) is 0.300. The summed E-state index contributed by atoms with van der Waals surface area (Å²) in [7, 11) is 6.42. The number of anilines is 2. The van der Waals surface area contributed by atoms with E-state index in [9.17, 15) is 9.59 Å². The second-order valence-corrected chi connectivity index (χ2v) is 8.42. The van der Waals surface area contributed by atoms with Gasteiger partial charge in [-0.3, -0.25) is 9.59 Å². The molecule has 0 unspecified atom stereocenters. The maximum absolute atomic E-state index is 13.1. The van der Waals surface area contributed by atoms with Gasteiger partial charge in [-0.1, -0.05) is 24.3 Å². The summed E-state index contributed by atoms with van der Waals surface area (Å²) in [6.07, 6.45) is 0.943. The van der Waals surface area contributed by atoms with Crippen LogP contribution in [0.25, 0.3) is 0 Å². The third-order valence-electron chi connectivity index (χ3n) is 4.51. The van der Waals surface area contributed by atoms with Crippen LogP contribution in [-0.2, 0) is 0 Å². The highest BCUT2D eigenvalue weighted by Gasteiger charge is 2.34. The number of carbonyl (C=O) groups excluding carboxylic acids is 2. The third kappa shape index (κ3) is 3.39. The van der Waals surface area contributed by atoms with Crippen LogP contribution in [0, 0.1) is 0 Å². The number of quaternary nitrogens is 1. The molecule has 1 aliphatic rings. The van der Waals surface area contributed by atoms with Gasteiger partial charge >= 0.3 is 0 Å². The monoisotopic (exact) mass is 416 g/mol. The molecular weight excluding hydrogens is 394 g/mol. The molecule has 0 amide bonds. The minimum atomic E-state index is -0.205. The van der Waals surface area contributed by atoms with E-state index in [-0.39, 0.29) is 17.1 Å². The van der Waals surface area contributed by atoms with Gasteiger partial charge in [-0.15, -0.1) is 0 Å². The minimum Gasteiger partial charge on any atom is -0.397 e. The minimum absolute atomic E-state index is 0.163. The van der Waals surface area contributed by atoms with Crippen molar-refractivity contribution in [3.63, 3.8) is 0 Å². The molecule has 0 heterocycles. The maximum Gasteiger partial charge on any atom is 0.196 e. The van der Waals surface area contributed by atoms with Crippen LogP contribution in [0.4, 0.5) is 11.4 Å². The van der Waals surface area contributed by atoms with E-state index in [1.54, 1.807) is 30.3 Å². The van der Waals surface area contributed by atoms with Crippen molar-refractivity contribution in [2.24, 2.45) is 0 Å². The molecular formula is C20H23BrN3O2+. The molecule has 2 aromatic carbocycles. The predicted octanol–water partition coefficient (Wildman–Crippen LogP) is 3.31.